The summed E-state index contributed by atoms with van der Waals surface area (Å²) in [4.78, 5) is 18.7. The summed E-state index contributed by atoms with van der Waals surface area (Å²) in [6.45, 7) is 5.66. The van der Waals surface area contributed by atoms with Gasteiger partial charge in [0.25, 0.3) is 5.91 Å². The molecule has 5 heteroatoms. The Kier molecular flexibility index (Phi) is 3.88. The first-order chi connectivity index (χ1) is 10.1. The number of aryl methyl sites for hydroxylation is 1. The van der Waals surface area contributed by atoms with Crippen LogP contribution in [0, 0.1) is 6.92 Å². The van der Waals surface area contributed by atoms with Crippen LogP contribution in [0.4, 0.5) is 0 Å². The second-order valence-electron chi connectivity index (χ2n) is 5.54. The summed E-state index contributed by atoms with van der Waals surface area (Å²) in [7, 11) is 0. The Bertz CT molecular complexity index is 643. The molecule has 0 atom stereocenters. The molecule has 1 aromatic carbocycles. The topological polar surface area (TPSA) is 33.2 Å². The number of carbonyl (C=O) groups excluding carboxylic acids is 1. The Labute approximate surface area is 137 Å². The minimum absolute atomic E-state index is 0.0498. The number of benzene rings is 1. The van der Waals surface area contributed by atoms with E-state index in [0.717, 1.165) is 29.0 Å². The number of hydrogen-bond donors (Lipinski definition) is 0. The van der Waals surface area contributed by atoms with Crippen LogP contribution >= 0.6 is 27.3 Å². The molecule has 0 saturated carbocycles. The lowest BCUT2D eigenvalue weighted by Gasteiger charge is -2.50. The van der Waals surface area contributed by atoms with E-state index in [9.17, 15) is 4.79 Å². The van der Waals surface area contributed by atoms with Gasteiger partial charge in [-0.25, -0.2) is 4.98 Å². The van der Waals surface area contributed by atoms with Gasteiger partial charge in [-0.05, 0) is 34.8 Å². The third-order valence-corrected chi connectivity index (χ3v) is 6.25. The summed E-state index contributed by atoms with van der Waals surface area (Å²) < 4.78 is 0.941. The van der Waals surface area contributed by atoms with E-state index >= 15 is 0 Å². The summed E-state index contributed by atoms with van der Waals surface area (Å²) in [6.07, 6.45) is 1.04. The summed E-state index contributed by atoms with van der Waals surface area (Å²) in [6, 6.07) is 10.5. The molecule has 0 N–H and O–H groups in total. The first kappa shape index (κ1) is 14.7. The number of amides is 1. The molecule has 1 fully saturated rings. The maximum absolute atomic E-state index is 12.5. The highest BCUT2D eigenvalue weighted by Gasteiger charge is 2.45. The monoisotopic (exact) mass is 364 g/mol. The van der Waals surface area contributed by atoms with Crippen LogP contribution in [-0.2, 0) is 5.41 Å². The van der Waals surface area contributed by atoms with Gasteiger partial charge in [-0.15, -0.1) is 11.3 Å². The van der Waals surface area contributed by atoms with E-state index in [1.807, 2.05) is 17.9 Å². The van der Waals surface area contributed by atoms with Gasteiger partial charge in [-0.1, -0.05) is 37.3 Å². The van der Waals surface area contributed by atoms with Gasteiger partial charge in [0.15, 0.2) is 5.01 Å². The predicted molar refractivity (Wildman–Crippen MR) is 88.9 cm³/mol. The van der Waals surface area contributed by atoms with E-state index in [1.165, 1.54) is 16.9 Å². The van der Waals surface area contributed by atoms with Crippen molar-refractivity contribution in [3.05, 3.63) is 50.4 Å². The van der Waals surface area contributed by atoms with E-state index < -0.39 is 0 Å². The Balaban J connectivity index is 1.76. The standard InChI is InChI=1S/C16H17BrN2OS/c1-3-16(12-7-5-4-6-8-12)9-19(10-16)15(20)14-18-11(2)13(17)21-14/h4-8H,3,9-10H2,1-2H3. The fourth-order valence-corrected chi connectivity index (χ4v) is 4.15. The van der Waals surface area contributed by atoms with Crippen molar-refractivity contribution in [1.29, 1.82) is 0 Å². The Morgan fingerprint density at radius 2 is 2.05 bits per heavy atom. The van der Waals surface area contributed by atoms with Gasteiger partial charge in [0, 0.05) is 18.5 Å². The van der Waals surface area contributed by atoms with Crippen LogP contribution in [0.2, 0.25) is 0 Å². The fourth-order valence-electron chi connectivity index (χ4n) is 2.83. The van der Waals surface area contributed by atoms with Crippen molar-refractivity contribution in [3.63, 3.8) is 0 Å². The number of rotatable bonds is 3. The first-order valence-electron chi connectivity index (χ1n) is 7.03. The minimum atomic E-state index is 0.0498. The zero-order valence-corrected chi connectivity index (χ0v) is 14.5. The smallest absolute Gasteiger partial charge is 0.282 e. The molecule has 1 aliphatic rings. The van der Waals surface area contributed by atoms with E-state index in [-0.39, 0.29) is 11.3 Å². The van der Waals surface area contributed by atoms with E-state index in [4.69, 9.17) is 0 Å². The number of thiazole rings is 1. The molecule has 0 radical (unpaired) electrons. The molecule has 1 amide bonds. The molecule has 0 unspecified atom stereocenters. The molecule has 3 rings (SSSR count). The Hall–Kier alpha value is -1.20. The third-order valence-electron chi connectivity index (χ3n) is 4.26. The normalized spacial score (nSPS) is 16.6. The van der Waals surface area contributed by atoms with Gasteiger partial charge in [0.05, 0.1) is 9.48 Å². The maximum Gasteiger partial charge on any atom is 0.282 e. The zero-order chi connectivity index (χ0) is 15.0. The van der Waals surface area contributed by atoms with E-state index in [0.29, 0.717) is 5.01 Å². The highest BCUT2D eigenvalue weighted by molar-refractivity contribution is 9.11. The Morgan fingerprint density at radius 1 is 1.38 bits per heavy atom. The Morgan fingerprint density at radius 3 is 2.57 bits per heavy atom. The molecular weight excluding hydrogens is 348 g/mol. The third kappa shape index (κ3) is 2.53. The van der Waals surface area contributed by atoms with Crippen molar-refractivity contribution in [3.8, 4) is 0 Å². The van der Waals surface area contributed by atoms with Crippen LogP contribution in [0.5, 0.6) is 0 Å². The molecule has 2 aromatic rings. The lowest BCUT2D eigenvalue weighted by atomic mass is 9.71. The summed E-state index contributed by atoms with van der Waals surface area (Å²) >= 11 is 4.85. The van der Waals surface area contributed by atoms with Crippen LogP contribution in [0.15, 0.2) is 34.1 Å². The first-order valence-corrected chi connectivity index (χ1v) is 8.64. The summed E-state index contributed by atoms with van der Waals surface area (Å²) in [5.74, 6) is 0.0498. The molecule has 2 heterocycles. The van der Waals surface area contributed by atoms with E-state index in [1.54, 1.807) is 0 Å². The largest absolute Gasteiger partial charge is 0.335 e. The van der Waals surface area contributed by atoms with Crippen molar-refractivity contribution >= 4 is 33.2 Å². The average Bonchev–Trinajstić information content (AvgIpc) is 2.79. The summed E-state index contributed by atoms with van der Waals surface area (Å²) in [5, 5.41) is 0.581. The number of likely N-dealkylation sites (tertiary alicyclic amines) is 1. The number of carbonyl (C=O) groups is 1. The minimum Gasteiger partial charge on any atom is -0.335 e. The number of nitrogens with zero attached hydrogens (tertiary/aromatic N) is 2. The van der Waals surface area contributed by atoms with Crippen molar-refractivity contribution in [2.75, 3.05) is 13.1 Å². The summed E-state index contributed by atoms with van der Waals surface area (Å²) in [5.41, 5.74) is 2.32. The second-order valence-corrected chi connectivity index (χ2v) is 7.86. The SMILES string of the molecule is CCC1(c2ccccc2)CN(C(=O)c2nc(C)c(Br)s2)C1. The van der Waals surface area contributed by atoms with Crippen LogP contribution in [0.1, 0.15) is 34.4 Å². The van der Waals surface area contributed by atoms with Gasteiger partial charge in [-0.3, -0.25) is 4.79 Å². The highest BCUT2D eigenvalue weighted by atomic mass is 79.9. The van der Waals surface area contributed by atoms with Crippen molar-refractivity contribution < 1.29 is 4.79 Å². The van der Waals surface area contributed by atoms with Crippen LogP contribution < -0.4 is 0 Å². The van der Waals surface area contributed by atoms with Gasteiger partial charge in [0.1, 0.15) is 0 Å². The lowest BCUT2D eigenvalue weighted by molar-refractivity contribution is 0.0375. The quantitative estimate of drug-likeness (QED) is 0.823. The van der Waals surface area contributed by atoms with Crippen LogP contribution in [0.3, 0.4) is 0 Å². The molecule has 110 valence electrons. The lowest BCUT2D eigenvalue weighted by Crippen LogP contribution is -2.60. The molecule has 21 heavy (non-hydrogen) atoms. The maximum atomic E-state index is 12.5. The van der Waals surface area contributed by atoms with Crippen molar-refractivity contribution in [1.82, 2.24) is 9.88 Å². The number of halogens is 1. The number of aromatic nitrogens is 1. The molecular formula is C16H17BrN2OS. The molecule has 1 saturated heterocycles. The van der Waals surface area contributed by atoms with Gasteiger partial charge < -0.3 is 4.90 Å². The second kappa shape index (κ2) is 5.54. The van der Waals surface area contributed by atoms with Crippen LogP contribution in [0.25, 0.3) is 0 Å². The van der Waals surface area contributed by atoms with Gasteiger partial charge >= 0.3 is 0 Å². The molecule has 0 bridgehead atoms. The zero-order valence-electron chi connectivity index (χ0n) is 12.1. The molecule has 0 aliphatic carbocycles. The molecule has 1 aliphatic heterocycles. The number of hydrogen-bond acceptors (Lipinski definition) is 3. The van der Waals surface area contributed by atoms with Gasteiger partial charge in [-0.2, -0.15) is 0 Å². The predicted octanol–water partition coefficient (Wildman–Crippen LogP) is 4.02. The highest BCUT2D eigenvalue weighted by Crippen LogP contribution is 2.38. The van der Waals surface area contributed by atoms with Crippen molar-refractivity contribution in [2.24, 2.45) is 0 Å². The van der Waals surface area contributed by atoms with Crippen LogP contribution in [-0.4, -0.2) is 28.9 Å². The molecule has 3 nitrogen and oxygen atoms in total. The van der Waals surface area contributed by atoms with E-state index in [2.05, 4.69) is 52.1 Å². The molecule has 0 spiro atoms. The molecule has 1 aromatic heterocycles. The van der Waals surface area contributed by atoms with Gasteiger partial charge in [0.2, 0.25) is 0 Å². The average molecular weight is 365 g/mol. The fraction of sp³-hybridized carbons (Fsp3) is 0.375. The van der Waals surface area contributed by atoms with Crippen molar-refractivity contribution in [2.45, 2.75) is 25.7 Å².